The fourth-order valence-electron chi connectivity index (χ4n) is 2.59. The second kappa shape index (κ2) is 6.48. The average Bonchev–Trinajstić information content (AvgIpc) is 3.22. The number of benzene rings is 1. The summed E-state index contributed by atoms with van der Waals surface area (Å²) in [6.45, 7) is 2.69. The summed E-state index contributed by atoms with van der Waals surface area (Å²) >= 11 is 6.18. The van der Waals surface area contributed by atoms with Gasteiger partial charge in [-0.1, -0.05) is 29.8 Å². The Morgan fingerprint density at radius 3 is 2.52 bits per heavy atom. The van der Waals surface area contributed by atoms with Crippen molar-refractivity contribution >= 4 is 23.5 Å². The third-order valence-electron chi connectivity index (χ3n) is 4.06. The van der Waals surface area contributed by atoms with E-state index in [4.69, 9.17) is 16.7 Å². The molecule has 114 valence electrons. The number of aliphatic carboxylic acids is 1. The van der Waals surface area contributed by atoms with Gasteiger partial charge in [-0.15, -0.1) is 0 Å². The van der Waals surface area contributed by atoms with Crippen LogP contribution in [0.2, 0.25) is 5.02 Å². The summed E-state index contributed by atoms with van der Waals surface area (Å²) < 4.78 is 0. The van der Waals surface area contributed by atoms with Crippen LogP contribution in [-0.2, 0) is 16.0 Å². The van der Waals surface area contributed by atoms with E-state index in [1.807, 2.05) is 31.2 Å². The molecule has 1 aromatic rings. The first-order valence-electron chi connectivity index (χ1n) is 7.23. The quantitative estimate of drug-likeness (QED) is 0.842. The summed E-state index contributed by atoms with van der Waals surface area (Å²) in [4.78, 5) is 25.0. The molecule has 1 fully saturated rings. The van der Waals surface area contributed by atoms with Crippen molar-refractivity contribution in [3.63, 3.8) is 0 Å². The van der Waals surface area contributed by atoms with E-state index in [1.165, 1.54) is 0 Å². The smallest absolute Gasteiger partial charge is 0.305 e. The van der Waals surface area contributed by atoms with Crippen LogP contribution in [0.4, 0.5) is 0 Å². The van der Waals surface area contributed by atoms with Gasteiger partial charge < -0.3 is 10.0 Å². The van der Waals surface area contributed by atoms with E-state index < -0.39 is 5.97 Å². The lowest BCUT2D eigenvalue weighted by molar-refractivity contribution is -0.140. The summed E-state index contributed by atoms with van der Waals surface area (Å²) in [5.74, 6) is -0.816. The maximum atomic E-state index is 12.7. The monoisotopic (exact) mass is 309 g/mol. The lowest BCUT2D eigenvalue weighted by atomic mass is 9.94. The zero-order chi connectivity index (χ0) is 15.5. The van der Waals surface area contributed by atoms with Crippen LogP contribution >= 0.6 is 11.6 Å². The van der Waals surface area contributed by atoms with E-state index in [0.29, 0.717) is 18.0 Å². The number of carboxylic acid groups (broad SMARTS) is 1. The topological polar surface area (TPSA) is 57.6 Å². The van der Waals surface area contributed by atoms with Gasteiger partial charge >= 0.3 is 5.97 Å². The SMILES string of the molecule is CCN(CCC(=O)O)C(=O)C1(Cc2ccccc2Cl)CC1. The summed E-state index contributed by atoms with van der Waals surface area (Å²) in [5, 5.41) is 9.46. The highest BCUT2D eigenvalue weighted by Gasteiger charge is 2.51. The van der Waals surface area contributed by atoms with Gasteiger partial charge in [0.15, 0.2) is 0 Å². The molecule has 0 aliphatic heterocycles. The minimum absolute atomic E-state index is 0.0121. The molecule has 21 heavy (non-hydrogen) atoms. The highest BCUT2D eigenvalue weighted by atomic mass is 35.5. The number of hydrogen-bond acceptors (Lipinski definition) is 2. The van der Waals surface area contributed by atoms with Crippen molar-refractivity contribution < 1.29 is 14.7 Å². The van der Waals surface area contributed by atoms with E-state index in [2.05, 4.69) is 0 Å². The lowest BCUT2D eigenvalue weighted by Gasteiger charge is -2.26. The molecule has 0 saturated heterocycles. The Labute approximate surface area is 129 Å². The molecule has 1 aromatic carbocycles. The number of halogens is 1. The first-order valence-corrected chi connectivity index (χ1v) is 7.61. The number of amides is 1. The zero-order valence-corrected chi connectivity index (χ0v) is 12.9. The predicted molar refractivity (Wildman–Crippen MR) is 81.3 cm³/mol. The van der Waals surface area contributed by atoms with Gasteiger partial charge in [0.1, 0.15) is 0 Å². The first-order chi connectivity index (χ1) is 9.98. The largest absolute Gasteiger partial charge is 0.481 e. The van der Waals surface area contributed by atoms with Gasteiger partial charge in [-0.05, 0) is 37.8 Å². The van der Waals surface area contributed by atoms with Gasteiger partial charge in [0.25, 0.3) is 0 Å². The van der Waals surface area contributed by atoms with E-state index >= 15 is 0 Å². The summed E-state index contributed by atoms with van der Waals surface area (Å²) in [6.07, 6.45) is 2.32. The molecule has 0 unspecified atom stereocenters. The number of rotatable bonds is 7. The van der Waals surface area contributed by atoms with Crippen molar-refractivity contribution in [2.24, 2.45) is 5.41 Å². The third kappa shape index (κ3) is 3.76. The Bertz CT molecular complexity index is 540. The van der Waals surface area contributed by atoms with Gasteiger partial charge in [0.2, 0.25) is 5.91 Å². The molecule has 1 saturated carbocycles. The van der Waals surface area contributed by atoms with Crippen molar-refractivity contribution in [2.45, 2.75) is 32.6 Å². The zero-order valence-electron chi connectivity index (χ0n) is 12.1. The number of carbonyl (C=O) groups excluding carboxylic acids is 1. The van der Waals surface area contributed by atoms with Crippen LogP contribution in [0.25, 0.3) is 0 Å². The Hall–Kier alpha value is -1.55. The van der Waals surface area contributed by atoms with Crippen molar-refractivity contribution in [2.75, 3.05) is 13.1 Å². The molecule has 1 N–H and O–H groups in total. The summed E-state index contributed by atoms with van der Waals surface area (Å²) in [7, 11) is 0. The third-order valence-corrected chi connectivity index (χ3v) is 4.43. The highest BCUT2D eigenvalue weighted by molar-refractivity contribution is 6.31. The van der Waals surface area contributed by atoms with Crippen LogP contribution in [0.1, 0.15) is 31.7 Å². The molecule has 1 aliphatic rings. The molecular weight excluding hydrogens is 290 g/mol. The normalized spacial score (nSPS) is 15.5. The average molecular weight is 310 g/mol. The molecule has 0 heterocycles. The second-order valence-corrected chi connectivity index (χ2v) is 5.98. The molecule has 0 atom stereocenters. The van der Waals surface area contributed by atoms with E-state index in [-0.39, 0.29) is 24.3 Å². The van der Waals surface area contributed by atoms with Gasteiger partial charge in [-0.3, -0.25) is 9.59 Å². The summed E-state index contributed by atoms with van der Waals surface area (Å²) in [5.41, 5.74) is 0.610. The van der Waals surface area contributed by atoms with E-state index in [1.54, 1.807) is 4.90 Å². The Balaban J connectivity index is 2.06. The molecule has 1 aliphatic carbocycles. The molecule has 2 rings (SSSR count). The van der Waals surface area contributed by atoms with E-state index in [0.717, 1.165) is 18.4 Å². The number of carboxylic acids is 1. The predicted octanol–water partition coefficient (Wildman–Crippen LogP) is 2.99. The maximum absolute atomic E-state index is 12.7. The molecule has 5 heteroatoms. The molecule has 1 amide bonds. The molecule has 0 bridgehead atoms. The second-order valence-electron chi connectivity index (χ2n) is 5.58. The van der Waals surface area contributed by atoms with Crippen LogP contribution in [0.3, 0.4) is 0 Å². The van der Waals surface area contributed by atoms with Gasteiger partial charge in [0, 0.05) is 18.1 Å². The van der Waals surface area contributed by atoms with Crippen LogP contribution < -0.4 is 0 Å². The highest BCUT2D eigenvalue weighted by Crippen LogP contribution is 2.50. The molecule has 0 aromatic heterocycles. The van der Waals surface area contributed by atoms with Crippen molar-refractivity contribution in [3.05, 3.63) is 34.9 Å². The van der Waals surface area contributed by atoms with Crippen LogP contribution in [0.5, 0.6) is 0 Å². The first kappa shape index (κ1) is 15.8. The standard InChI is InChI=1S/C16H20ClNO3/c1-2-18(10-7-14(19)20)15(21)16(8-9-16)11-12-5-3-4-6-13(12)17/h3-6H,2,7-11H2,1H3,(H,19,20). The van der Waals surface area contributed by atoms with Crippen LogP contribution in [0, 0.1) is 5.41 Å². The van der Waals surface area contributed by atoms with Gasteiger partial charge in [0.05, 0.1) is 11.8 Å². The summed E-state index contributed by atoms with van der Waals surface area (Å²) in [6, 6.07) is 7.57. The molecule has 0 spiro atoms. The van der Waals surface area contributed by atoms with Gasteiger partial charge in [-0.2, -0.15) is 0 Å². The minimum atomic E-state index is -0.878. The van der Waals surface area contributed by atoms with Crippen molar-refractivity contribution in [3.8, 4) is 0 Å². The fourth-order valence-corrected chi connectivity index (χ4v) is 2.80. The van der Waals surface area contributed by atoms with Crippen molar-refractivity contribution in [1.29, 1.82) is 0 Å². The lowest BCUT2D eigenvalue weighted by Crippen LogP contribution is -2.39. The van der Waals surface area contributed by atoms with Crippen LogP contribution in [-0.4, -0.2) is 35.0 Å². The molecular formula is C16H20ClNO3. The molecule has 0 radical (unpaired) electrons. The maximum Gasteiger partial charge on any atom is 0.305 e. The van der Waals surface area contributed by atoms with Gasteiger partial charge in [-0.25, -0.2) is 0 Å². The number of nitrogens with zero attached hydrogens (tertiary/aromatic N) is 1. The fraction of sp³-hybridized carbons (Fsp3) is 0.500. The Morgan fingerprint density at radius 1 is 1.33 bits per heavy atom. The van der Waals surface area contributed by atoms with E-state index in [9.17, 15) is 9.59 Å². The minimum Gasteiger partial charge on any atom is -0.481 e. The number of hydrogen-bond donors (Lipinski definition) is 1. The Kier molecular flexibility index (Phi) is 4.88. The Morgan fingerprint density at radius 2 is 2.00 bits per heavy atom. The molecule has 4 nitrogen and oxygen atoms in total. The van der Waals surface area contributed by atoms with Crippen LogP contribution in [0.15, 0.2) is 24.3 Å². The van der Waals surface area contributed by atoms with Crippen molar-refractivity contribution in [1.82, 2.24) is 4.90 Å². The number of carbonyl (C=O) groups is 2.